The van der Waals surface area contributed by atoms with Crippen molar-refractivity contribution in [3.8, 4) is 11.5 Å². The molecule has 0 bridgehead atoms. The topological polar surface area (TPSA) is 57.7 Å². The molecular weight excluding hydrogens is 286 g/mol. The van der Waals surface area contributed by atoms with Crippen molar-refractivity contribution in [2.45, 2.75) is 19.5 Å². The third-order valence-electron chi connectivity index (χ3n) is 2.30. The highest BCUT2D eigenvalue weighted by Gasteiger charge is 2.35. The molecule has 0 aliphatic heterocycles. The summed E-state index contributed by atoms with van der Waals surface area (Å²) in [5.41, 5.74) is -0.716. The number of nitrogens with zero attached hydrogens (tertiary/aromatic N) is 1. The summed E-state index contributed by atoms with van der Waals surface area (Å²) in [5, 5.41) is 0. The number of rotatable bonds is 5. The van der Waals surface area contributed by atoms with Gasteiger partial charge in [0, 0.05) is 5.56 Å². The minimum Gasteiger partial charge on any atom is -0.491 e. The van der Waals surface area contributed by atoms with E-state index in [0.29, 0.717) is 0 Å². The first kappa shape index (κ1) is 16.0. The molecule has 0 amide bonds. The van der Waals surface area contributed by atoms with Crippen LogP contribution in [-0.4, -0.2) is 31.5 Å². The fourth-order valence-corrected chi connectivity index (χ4v) is 1.44. The Labute approximate surface area is 111 Å². The van der Waals surface area contributed by atoms with Crippen molar-refractivity contribution in [3.05, 3.63) is 17.5 Å². The summed E-state index contributed by atoms with van der Waals surface area (Å²) in [6.07, 6.45) is -4.75. The molecule has 0 fully saturated rings. The van der Waals surface area contributed by atoms with E-state index in [1.54, 1.807) is 0 Å². The van der Waals surface area contributed by atoms with Gasteiger partial charge in [-0.05, 0) is 0 Å². The number of ether oxygens (including phenoxy) is 3. The summed E-state index contributed by atoms with van der Waals surface area (Å²) < 4.78 is 62.8. The first-order valence-electron chi connectivity index (χ1n) is 5.25. The molecule has 0 unspecified atom stereocenters. The van der Waals surface area contributed by atoms with Crippen LogP contribution in [-0.2, 0) is 22.6 Å². The Morgan fingerprint density at radius 2 is 2.00 bits per heavy atom. The third-order valence-corrected chi connectivity index (χ3v) is 2.30. The lowest BCUT2D eigenvalue weighted by atomic mass is 10.1. The number of carbonyl (C=O) groups excluding carboxylic acids is 1. The SMILES string of the molecule is COC(=O)Cc1c(CF)ncc(OC)c1OC(F)(F)F. The molecule has 0 spiro atoms. The van der Waals surface area contributed by atoms with Gasteiger partial charge in [-0.3, -0.25) is 9.78 Å². The van der Waals surface area contributed by atoms with Gasteiger partial charge in [0.2, 0.25) is 0 Å². The molecule has 0 saturated carbocycles. The number of hydrogen-bond acceptors (Lipinski definition) is 5. The van der Waals surface area contributed by atoms with E-state index in [4.69, 9.17) is 0 Å². The molecule has 0 aliphatic rings. The van der Waals surface area contributed by atoms with E-state index in [-0.39, 0.29) is 17.0 Å². The van der Waals surface area contributed by atoms with Crippen molar-refractivity contribution in [3.63, 3.8) is 0 Å². The van der Waals surface area contributed by atoms with Gasteiger partial charge in [0.05, 0.1) is 32.5 Å². The highest BCUT2D eigenvalue weighted by atomic mass is 19.4. The summed E-state index contributed by atoms with van der Waals surface area (Å²) in [4.78, 5) is 14.8. The fraction of sp³-hybridized carbons (Fsp3) is 0.455. The number of esters is 1. The lowest BCUT2D eigenvalue weighted by molar-refractivity contribution is -0.275. The maximum Gasteiger partial charge on any atom is 0.573 e. The molecule has 1 aromatic heterocycles. The Morgan fingerprint density at radius 1 is 1.35 bits per heavy atom. The molecule has 20 heavy (non-hydrogen) atoms. The largest absolute Gasteiger partial charge is 0.573 e. The minimum absolute atomic E-state index is 0.351. The zero-order chi connectivity index (χ0) is 15.3. The van der Waals surface area contributed by atoms with E-state index in [0.717, 1.165) is 20.4 Å². The summed E-state index contributed by atoms with van der Waals surface area (Å²) in [7, 11) is 2.15. The van der Waals surface area contributed by atoms with E-state index in [1.807, 2.05) is 0 Å². The Hall–Kier alpha value is -2.06. The van der Waals surface area contributed by atoms with Gasteiger partial charge in [-0.2, -0.15) is 0 Å². The van der Waals surface area contributed by atoms with Gasteiger partial charge in [-0.1, -0.05) is 0 Å². The highest BCUT2D eigenvalue weighted by Crippen LogP contribution is 2.37. The van der Waals surface area contributed by atoms with Crippen molar-refractivity contribution >= 4 is 5.97 Å². The normalized spacial score (nSPS) is 11.1. The summed E-state index contributed by atoms with van der Waals surface area (Å²) in [5.74, 6) is -2.02. The maximum absolute atomic E-state index is 12.8. The number of alkyl halides is 4. The van der Waals surface area contributed by atoms with Crippen LogP contribution in [0.4, 0.5) is 17.6 Å². The first-order chi connectivity index (χ1) is 9.32. The van der Waals surface area contributed by atoms with E-state index in [1.165, 1.54) is 0 Å². The van der Waals surface area contributed by atoms with Crippen molar-refractivity contribution in [2.24, 2.45) is 0 Å². The predicted octanol–water partition coefficient (Wildman–Crippen LogP) is 2.17. The molecule has 5 nitrogen and oxygen atoms in total. The van der Waals surface area contributed by atoms with Gasteiger partial charge >= 0.3 is 12.3 Å². The average Bonchev–Trinajstić information content (AvgIpc) is 2.38. The molecule has 1 heterocycles. The van der Waals surface area contributed by atoms with Gasteiger partial charge in [-0.15, -0.1) is 13.2 Å². The summed E-state index contributed by atoms with van der Waals surface area (Å²) >= 11 is 0. The van der Waals surface area contributed by atoms with Gasteiger partial charge in [-0.25, -0.2) is 4.39 Å². The van der Waals surface area contributed by atoms with Crippen LogP contribution in [0.15, 0.2) is 6.20 Å². The standard InChI is InChI=1S/C11H11F4NO4/c1-18-8-5-16-7(4-12)6(3-9(17)19-2)10(8)20-11(13,14)15/h5H,3-4H2,1-2H3. The molecule has 0 radical (unpaired) electrons. The van der Waals surface area contributed by atoms with Crippen LogP contribution in [0.25, 0.3) is 0 Å². The minimum atomic E-state index is -5.02. The lowest BCUT2D eigenvalue weighted by Gasteiger charge is -2.17. The van der Waals surface area contributed by atoms with E-state index in [9.17, 15) is 22.4 Å². The molecule has 0 atom stereocenters. The number of methoxy groups -OCH3 is 2. The second-order valence-electron chi connectivity index (χ2n) is 3.52. The Kier molecular flexibility index (Phi) is 5.12. The first-order valence-corrected chi connectivity index (χ1v) is 5.25. The zero-order valence-corrected chi connectivity index (χ0v) is 10.6. The number of aromatic nitrogens is 1. The smallest absolute Gasteiger partial charge is 0.491 e. The molecule has 9 heteroatoms. The molecule has 0 aromatic carbocycles. The second-order valence-corrected chi connectivity index (χ2v) is 3.52. The predicted molar refractivity (Wildman–Crippen MR) is 58.0 cm³/mol. The number of hydrogen-bond donors (Lipinski definition) is 0. The molecule has 0 saturated heterocycles. The van der Waals surface area contributed by atoms with Gasteiger partial charge in [0.25, 0.3) is 0 Å². The fourth-order valence-electron chi connectivity index (χ4n) is 1.44. The van der Waals surface area contributed by atoms with Crippen LogP contribution in [0.1, 0.15) is 11.3 Å². The van der Waals surface area contributed by atoms with Crippen LogP contribution in [0.3, 0.4) is 0 Å². The van der Waals surface area contributed by atoms with Gasteiger partial charge < -0.3 is 14.2 Å². The Bertz CT molecular complexity index is 490. The lowest BCUT2D eigenvalue weighted by Crippen LogP contribution is -2.20. The van der Waals surface area contributed by atoms with Crippen LogP contribution in [0.5, 0.6) is 11.5 Å². The number of pyridine rings is 1. The molecule has 112 valence electrons. The van der Waals surface area contributed by atoms with E-state index >= 15 is 0 Å². The van der Waals surface area contributed by atoms with Gasteiger partial charge in [0.1, 0.15) is 6.67 Å². The third kappa shape index (κ3) is 3.97. The highest BCUT2D eigenvalue weighted by molar-refractivity contribution is 5.74. The molecular formula is C11H11F4NO4. The van der Waals surface area contributed by atoms with Crippen molar-refractivity contribution < 1.29 is 36.6 Å². The Balaban J connectivity index is 3.35. The molecule has 0 aliphatic carbocycles. The summed E-state index contributed by atoms with van der Waals surface area (Å²) in [6.45, 7) is -1.16. The van der Waals surface area contributed by atoms with Crippen LogP contribution >= 0.6 is 0 Å². The van der Waals surface area contributed by atoms with Crippen molar-refractivity contribution in [2.75, 3.05) is 14.2 Å². The number of carbonyl (C=O) groups is 1. The maximum atomic E-state index is 12.8. The Morgan fingerprint density at radius 3 is 2.45 bits per heavy atom. The van der Waals surface area contributed by atoms with Crippen LogP contribution < -0.4 is 9.47 Å². The molecule has 1 rings (SSSR count). The van der Waals surface area contributed by atoms with E-state index < -0.39 is 31.2 Å². The molecule has 0 N–H and O–H groups in total. The van der Waals surface area contributed by atoms with Crippen LogP contribution in [0, 0.1) is 0 Å². The zero-order valence-electron chi connectivity index (χ0n) is 10.6. The van der Waals surface area contributed by atoms with E-state index in [2.05, 4.69) is 19.2 Å². The number of halogens is 4. The van der Waals surface area contributed by atoms with Crippen molar-refractivity contribution in [1.82, 2.24) is 4.98 Å². The summed E-state index contributed by atoms with van der Waals surface area (Å²) in [6, 6.07) is 0. The molecule has 1 aromatic rings. The average molecular weight is 297 g/mol. The monoisotopic (exact) mass is 297 g/mol. The van der Waals surface area contributed by atoms with Gasteiger partial charge in [0.15, 0.2) is 11.5 Å². The quantitative estimate of drug-likeness (QED) is 0.616. The van der Waals surface area contributed by atoms with Crippen LogP contribution in [0.2, 0.25) is 0 Å². The van der Waals surface area contributed by atoms with Crippen molar-refractivity contribution in [1.29, 1.82) is 0 Å². The second kappa shape index (κ2) is 6.40.